The van der Waals surface area contributed by atoms with Gasteiger partial charge in [0.25, 0.3) is 10.1 Å². The maximum Gasteiger partial charge on any atom is 0.407 e. The number of hydrogen-bond donors (Lipinski definition) is 1. The first-order valence-corrected chi connectivity index (χ1v) is 3.69. The molecule has 0 spiro atoms. The molecule has 0 aliphatic heterocycles. The molecule has 0 saturated heterocycles. The zero-order chi connectivity index (χ0) is 8.58. The van der Waals surface area contributed by atoms with Gasteiger partial charge in [0.15, 0.2) is 5.25 Å². The first kappa shape index (κ1) is 13.9. The van der Waals surface area contributed by atoms with E-state index in [9.17, 15) is 21.6 Å². The number of rotatable bonds is 1. The van der Waals surface area contributed by atoms with E-state index in [1.165, 1.54) is 0 Å². The van der Waals surface area contributed by atoms with Crippen molar-refractivity contribution in [2.24, 2.45) is 0 Å². The molecule has 0 heterocycles. The second-order valence-electron chi connectivity index (χ2n) is 1.70. The molecule has 3 nitrogen and oxygen atoms in total. The van der Waals surface area contributed by atoms with Gasteiger partial charge in [-0.2, -0.15) is 21.6 Å². The van der Waals surface area contributed by atoms with Gasteiger partial charge < -0.3 is 0 Å². The van der Waals surface area contributed by atoms with Gasteiger partial charge in [-0.15, -0.1) is 0 Å². The molecule has 0 aliphatic rings. The summed E-state index contributed by atoms with van der Waals surface area (Å²) in [6.45, 7) is 0.370. The van der Waals surface area contributed by atoms with Crippen molar-refractivity contribution in [3.8, 4) is 0 Å². The molecular weight excluding hydrogens is 274 g/mol. The van der Waals surface area contributed by atoms with Gasteiger partial charge in [0.05, 0.1) is 0 Å². The Morgan fingerprint density at radius 1 is 1.36 bits per heavy atom. The predicted octanol–water partition coefficient (Wildman–Crippen LogP) is 0.823. The van der Waals surface area contributed by atoms with E-state index in [4.69, 9.17) is 4.55 Å². The Morgan fingerprint density at radius 2 is 1.64 bits per heavy atom. The molecule has 0 aromatic carbocycles. The Kier molecular flexibility index (Phi) is 4.82. The third-order valence-corrected chi connectivity index (χ3v) is 2.07. The van der Waals surface area contributed by atoms with Crippen LogP contribution in [0.5, 0.6) is 0 Å². The van der Waals surface area contributed by atoms with Gasteiger partial charge in [-0.1, -0.05) is 0 Å². The number of hydrogen-bond acceptors (Lipinski definition) is 2. The summed E-state index contributed by atoms with van der Waals surface area (Å²) >= 11 is 0. The second kappa shape index (κ2) is 3.82. The number of alkyl halides is 3. The fourth-order valence-corrected chi connectivity index (χ4v) is 0.507. The minimum absolute atomic E-state index is 0. The zero-order valence-electron chi connectivity index (χ0n) is 5.24. The largest absolute Gasteiger partial charge is 0.407 e. The van der Waals surface area contributed by atoms with Crippen LogP contribution in [-0.4, -0.2) is 24.4 Å². The molecule has 0 aliphatic carbocycles. The Morgan fingerprint density at radius 3 is 1.64 bits per heavy atom. The normalized spacial score (nSPS) is 15.4. The molecule has 0 saturated carbocycles. The van der Waals surface area contributed by atoms with Crippen molar-refractivity contribution in [1.29, 1.82) is 0 Å². The molecule has 1 N–H and O–H groups in total. The van der Waals surface area contributed by atoms with Crippen molar-refractivity contribution in [2.75, 3.05) is 0 Å². The monoisotopic (exact) mass is 280 g/mol. The molecular formula is C3H5F3O3RuS. The van der Waals surface area contributed by atoms with Gasteiger partial charge in [-0.05, 0) is 6.92 Å². The molecule has 0 fully saturated rings. The molecule has 1 atom stereocenters. The smallest absolute Gasteiger partial charge is 0.285 e. The van der Waals surface area contributed by atoms with Crippen LogP contribution in [0.25, 0.3) is 0 Å². The average Bonchev–Trinajstić information content (AvgIpc) is 1.59. The summed E-state index contributed by atoms with van der Waals surface area (Å²) in [5, 5.41) is -2.71. The van der Waals surface area contributed by atoms with Gasteiger partial charge in [-0.25, -0.2) is 0 Å². The van der Waals surface area contributed by atoms with Crippen LogP contribution >= 0.6 is 0 Å². The summed E-state index contributed by atoms with van der Waals surface area (Å²) in [6.07, 6.45) is -4.90. The van der Waals surface area contributed by atoms with Gasteiger partial charge >= 0.3 is 6.18 Å². The van der Waals surface area contributed by atoms with Crippen molar-refractivity contribution in [3.05, 3.63) is 0 Å². The van der Waals surface area contributed by atoms with Crippen LogP contribution in [0.3, 0.4) is 0 Å². The summed E-state index contributed by atoms with van der Waals surface area (Å²) in [4.78, 5) is 0. The van der Waals surface area contributed by atoms with E-state index in [1.807, 2.05) is 0 Å². The number of halogens is 3. The Balaban J connectivity index is 0. The van der Waals surface area contributed by atoms with Crippen LogP contribution in [0.2, 0.25) is 0 Å². The van der Waals surface area contributed by atoms with E-state index in [1.54, 1.807) is 0 Å². The third kappa shape index (κ3) is 4.71. The SMILES string of the molecule is CC(C(F)(F)F)S(=O)(=O)O.[Ru]. The standard InChI is InChI=1S/C3H5F3O3S.Ru/c1-2(3(4,5)6)10(7,8)9;/h2H,1H3,(H,7,8,9);. The molecule has 70 valence electrons. The molecule has 1 unspecified atom stereocenters. The quantitative estimate of drug-likeness (QED) is 0.571. The Bertz CT molecular complexity index is 208. The maximum absolute atomic E-state index is 11.4. The summed E-state index contributed by atoms with van der Waals surface area (Å²) in [5.41, 5.74) is 0. The van der Waals surface area contributed by atoms with Gasteiger partial charge in [-0.3, -0.25) is 4.55 Å². The first-order valence-electron chi connectivity index (χ1n) is 2.18. The van der Waals surface area contributed by atoms with E-state index in [-0.39, 0.29) is 19.5 Å². The summed E-state index contributed by atoms with van der Waals surface area (Å²) in [7, 11) is -4.99. The van der Waals surface area contributed by atoms with Crippen LogP contribution in [0.4, 0.5) is 13.2 Å². The van der Waals surface area contributed by atoms with Crippen molar-refractivity contribution in [1.82, 2.24) is 0 Å². The van der Waals surface area contributed by atoms with Crippen LogP contribution < -0.4 is 0 Å². The van der Waals surface area contributed by atoms with Crippen molar-refractivity contribution >= 4 is 10.1 Å². The Hall–Kier alpha value is 0.323. The molecule has 0 aromatic rings. The zero-order valence-corrected chi connectivity index (χ0v) is 7.79. The van der Waals surface area contributed by atoms with Crippen LogP contribution in [-0.2, 0) is 29.6 Å². The summed E-state index contributed by atoms with van der Waals surface area (Å²) in [5.74, 6) is 0. The molecule has 0 amide bonds. The van der Waals surface area contributed by atoms with E-state index >= 15 is 0 Å². The summed E-state index contributed by atoms with van der Waals surface area (Å²) in [6, 6.07) is 0. The fourth-order valence-electron chi connectivity index (χ4n) is 0.169. The Labute approximate surface area is 74.5 Å². The van der Waals surface area contributed by atoms with Crippen molar-refractivity contribution < 1.29 is 45.6 Å². The maximum atomic E-state index is 11.4. The van der Waals surface area contributed by atoms with Gasteiger partial charge in [0.2, 0.25) is 0 Å². The molecule has 8 heteroatoms. The molecule has 0 radical (unpaired) electrons. The van der Waals surface area contributed by atoms with E-state index in [0.29, 0.717) is 6.92 Å². The van der Waals surface area contributed by atoms with Gasteiger partial charge in [0.1, 0.15) is 0 Å². The average molecular weight is 279 g/mol. The van der Waals surface area contributed by atoms with Crippen LogP contribution in [0.15, 0.2) is 0 Å². The van der Waals surface area contributed by atoms with Crippen molar-refractivity contribution in [3.63, 3.8) is 0 Å². The minimum atomic E-state index is -4.99. The van der Waals surface area contributed by atoms with Gasteiger partial charge in [0, 0.05) is 19.5 Å². The summed E-state index contributed by atoms with van der Waals surface area (Å²) < 4.78 is 61.7. The fraction of sp³-hybridized carbons (Fsp3) is 1.00. The minimum Gasteiger partial charge on any atom is -0.285 e. The third-order valence-electron chi connectivity index (χ3n) is 0.908. The first-order chi connectivity index (χ1) is 4.15. The molecule has 11 heavy (non-hydrogen) atoms. The molecule has 0 aromatic heterocycles. The molecule has 0 rings (SSSR count). The van der Waals surface area contributed by atoms with E-state index in [2.05, 4.69) is 0 Å². The van der Waals surface area contributed by atoms with Crippen LogP contribution in [0.1, 0.15) is 6.92 Å². The topological polar surface area (TPSA) is 54.4 Å². The predicted molar refractivity (Wildman–Crippen MR) is 27.1 cm³/mol. The van der Waals surface area contributed by atoms with E-state index < -0.39 is 21.5 Å². The molecule has 0 bridgehead atoms. The van der Waals surface area contributed by atoms with Crippen molar-refractivity contribution in [2.45, 2.75) is 18.3 Å². The second-order valence-corrected chi connectivity index (χ2v) is 3.44. The van der Waals surface area contributed by atoms with Crippen LogP contribution in [0, 0.1) is 0 Å². The van der Waals surface area contributed by atoms with E-state index in [0.717, 1.165) is 0 Å².